The van der Waals surface area contributed by atoms with Gasteiger partial charge in [-0.05, 0) is 43.5 Å². The van der Waals surface area contributed by atoms with Gasteiger partial charge in [-0.15, -0.1) is 0 Å². The summed E-state index contributed by atoms with van der Waals surface area (Å²) in [6.07, 6.45) is 1.96. The quantitative estimate of drug-likeness (QED) is 0.803. The summed E-state index contributed by atoms with van der Waals surface area (Å²) in [6.45, 7) is 3.12. The SMILES string of the molecule is CCOc1ccccc1C(=O)c1cccc2c1OCCC2. The first-order chi connectivity index (χ1) is 10.3. The van der Waals surface area contributed by atoms with Crippen LogP contribution in [0.25, 0.3) is 0 Å². The third kappa shape index (κ3) is 2.64. The van der Waals surface area contributed by atoms with Crippen molar-refractivity contribution in [3.63, 3.8) is 0 Å². The van der Waals surface area contributed by atoms with Gasteiger partial charge in [0.1, 0.15) is 11.5 Å². The molecule has 0 unspecified atom stereocenters. The summed E-state index contributed by atoms with van der Waals surface area (Å²) in [4.78, 5) is 12.9. The van der Waals surface area contributed by atoms with E-state index in [-0.39, 0.29) is 5.78 Å². The number of ether oxygens (including phenoxy) is 2. The van der Waals surface area contributed by atoms with Crippen LogP contribution in [0, 0.1) is 0 Å². The van der Waals surface area contributed by atoms with Crippen LogP contribution < -0.4 is 9.47 Å². The first kappa shape index (κ1) is 13.7. The second kappa shape index (κ2) is 6.00. The molecule has 3 heteroatoms. The van der Waals surface area contributed by atoms with Gasteiger partial charge in [0.2, 0.25) is 0 Å². The van der Waals surface area contributed by atoms with Gasteiger partial charge < -0.3 is 9.47 Å². The average Bonchev–Trinajstić information content (AvgIpc) is 2.54. The van der Waals surface area contributed by atoms with E-state index < -0.39 is 0 Å². The molecule has 0 fully saturated rings. The van der Waals surface area contributed by atoms with Crippen molar-refractivity contribution in [3.05, 3.63) is 59.2 Å². The lowest BCUT2D eigenvalue weighted by molar-refractivity contribution is 0.103. The number of para-hydroxylation sites is 2. The van der Waals surface area contributed by atoms with Gasteiger partial charge in [-0.1, -0.05) is 24.3 Å². The fourth-order valence-corrected chi connectivity index (χ4v) is 2.65. The molecule has 0 spiro atoms. The molecular weight excluding hydrogens is 264 g/mol. The highest BCUT2D eigenvalue weighted by Crippen LogP contribution is 2.32. The van der Waals surface area contributed by atoms with Gasteiger partial charge >= 0.3 is 0 Å². The minimum Gasteiger partial charge on any atom is -0.493 e. The van der Waals surface area contributed by atoms with Gasteiger partial charge in [-0.2, -0.15) is 0 Å². The highest BCUT2D eigenvalue weighted by molar-refractivity contribution is 6.12. The van der Waals surface area contributed by atoms with E-state index in [1.54, 1.807) is 6.07 Å². The maximum atomic E-state index is 12.9. The Bertz CT molecular complexity index is 661. The van der Waals surface area contributed by atoms with Crippen LogP contribution in [0.4, 0.5) is 0 Å². The van der Waals surface area contributed by atoms with Crippen LogP contribution in [0.1, 0.15) is 34.8 Å². The molecule has 0 N–H and O–H groups in total. The van der Waals surface area contributed by atoms with Crippen LogP contribution in [0.3, 0.4) is 0 Å². The normalized spacial score (nSPS) is 13.2. The molecule has 0 aliphatic carbocycles. The zero-order valence-corrected chi connectivity index (χ0v) is 12.1. The molecule has 3 nitrogen and oxygen atoms in total. The Balaban J connectivity index is 2.03. The highest BCUT2D eigenvalue weighted by atomic mass is 16.5. The van der Waals surface area contributed by atoms with Crippen molar-refractivity contribution in [1.29, 1.82) is 0 Å². The summed E-state index contributed by atoms with van der Waals surface area (Å²) in [7, 11) is 0. The summed E-state index contributed by atoms with van der Waals surface area (Å²) in [5, 5.41) is 0. The molecule has 0 radical (unpaired) electrons. The zero-order valence-electron chi connectivity index (χ0n) is 12.1. The number of aryl methyl sites for hydroxylation is 1. The number of carbonyl (C=O) groups excluding carboxylic acids is 1. The van der Waals surface area contributed by atoms with Crippen LogP contribution in [0.2, 0.25) is 0 Å². The van der Waals surface area contributed by atoms with E-state index in [4.69, 9.17) is 9.47 Å². The smallest absolute Gasteiger partial charge is 0.200 e. The van der Waals surface area contributed by atoms with Crippen LogP contribution in [-0.4, -0.2) is 19.0 Å². The summed E-state index contributed by atoms with van der Waals surface area (Å²) >= 11 is 0. The molecular formula is C18H18O3. The Morgan fingerprint density at radius 1 is 1.14 bits per heavy atom. The molecule has 0 amide bonds. The molecule has 1 aliphatic rings. The third-order valence-corrected chi connectivity index (χ3v) is 3.61. The van der Waals surface area contributed by atoms with Gasteiger partial charge in [-0.3, -0.25) is 4.79 Å². The predicted octanol–water partition coefficient (Wildman–Crippen LogP) is 3.64. The largest absolute Gasteiger partial charge is 0.493 e. The number of benzene rings is 2. The molecule has 3 rings (SSSR count). The van der Waals surface area contributed by atoms with Crippen LogP contribution in [-0.2, 0) is 6.42 Å². The molecule has 2 aromatic carbocycles. The van der Waals surface area contributed by atoms with E-state index in [0.717, 1.165) is 24.2 Å². The number of carbonyl (C=O) groups is 1. The summed E-state index contributed by atoms with van der Waals surface area (Å²) < 4.78 is 11.3. The molecule has 1 aliphatic heterocycles. The van der Waals surface area contributed by atoms with Crippen LogP contribution in [0.5, 0.6) is 11.5 Å². The number of hydrogen-bond donors (Lipinski definition) is 0. The molecule has 0 aromatic heterocycles. The fraction of sp³-hybridized carbons (Fsp3) is 0.278. The number of hydrogen-bond acceptors (Lipinski definition) is 3. The summed E-state index contributed by atoms with van der Waals surface area (Å²) in [5.74, 6) is 1.32. The van der Waals surface area contributed by atoms with E-state index in [9.17, 15) is 4.79 Å². The molecule has 0 saturated carbocycles. The third-order valence-electron chi connectivity index (χ3n) is 3.61. The Morgan fingerprint density at radius 3 is 2.81 bits per heavy atom. The van der Waals surface area contributed by atoms with Crippen molar-refractivity contribution >= 4 is 5.78 Å². The second-order valence-corrected chi connectivity index (χ2v) is 5.00. The lowest BCUT2D eigenvalue weighted by atomic mass is 9.96. The van der Waals surface area contributed by atoms with E-state index in [1.165, 1.54) is 0 Å². The Labute approximate surface area is 124 Å². The molecule has 108 valence electrons. The lowest BCUT2D eigenvalue weighted by Gasteiger charge is -2.20. The maximum absolute atomic E-state index is 12.9. The molecule has 0 atom stereocenters. The lowest BCUT2D eigenvalue weighted by Crippen LogP contribution is -2.14. The molecule has 0 bridgehead atoms. The zero-order chi connectivity index (χ0) is 14.7. The van der Waals surface area contributed by atoms with Crippen molar-refractivity contribution in [2.45, 2.75) is 19.8 Å². The number of rotatable bonds is 4. The second-order valence-electron chi connectivity index (χ2n) is 5.00. The average molecular weight is 282 g/mol. The predicted molar refractivity (Wildman–Crippen MR) is 81.3 cm³/mol. The molecule has 0 saturated heterocycles. The maximum Gasteiger partial charge on any atom is 0.200 e. The Kier molecular flexibility index (Phi) is 3.91. The molecule has 2 aromatic rings. The van der Waals surface area contributed by atoms with E-state index in [0.29, 0.717) is 30.1 Å². The van der Waals surface area contributed by atoms with E-state index in [2.05, 4.69) is 0 Å². The van der Waals surface area contributed by atoms with E-state index >= 15 is 0 Å². The van der Waals surface area contributed by atoms with Crippen molar-refractivity contribution in [1.82, 2.24) is 0 Å². The monoisotopic (exact) mass is 282 g/mol. The minimum absolute atomic E-state index is 0.0437. The first-order valence-corrected chi connectivity index (χ1v) is 7.32. The first-order valence-electron chi connectivity index (χ1n) is 7.32. The summed E-state index contributed by atoms with van der Waals surface area (Å²) in [6, 6.07) is 13.1. The van der Waals surface area contributed by atoms with E-state index in [1.807, 2.05) is 43.3 Å². The van der Waals surface area contributed by atoms with Crippen molar-refractivity contribution in [2.24, 2.45) is 0 Å². The van der Waals surface area contributed by atoms with Gasteiger partial charge in [0, 0.05) is 0 Å². The van der Waals surface area contributed by atoms with Gasteiger partial charge in [0.15, 0.2) is 5.78 Å². The molecule has 1 heterocycles. The number of fused-ring (bicyclic) bond motifs is 1. The molecule has 21 heavy (non-hydrogen) atoms. The highest BCUT2D eigenvalue weighted by Gasteiger charge is 2.22. The Morgan fingerprint density at radius 2 is 1.95 bits per heavy atom. The van der Waals surface area contributed by atoms with Gasteiger partial charge in [0.05, 0.1) is 24.3 Å². The van der Waals surface area contributed by atoms with Crippen LogP contribution >= 0.6 is 0 Å². The Hall–Kier alpha value is -2.29. The van der Waals surface area contributed by atoms with Gasteiger partial charge in [0.25, 0.3) is 0 Å². The van der Waals surface area contributed by atoms with Crippen LogP contribution in [0.15, 0.2) is 42.5 Å². The van der Waals surface area contributed by atoms with Crippen molar-refractivity contribution in [3.8, 4) is 11.5 Å². The number of ketones is 1. The minimum atomic E-state index is -0.0437. The summed E-state index contributed by atoms with van der Waals surface area (Å²) in [5.41, 5.74) is 2.32. The standard InChI is InChI=1S/C18H18O3/c1-2-20-16-11-4-3-9-14(16)17(19)15-10-5-7-13-8-6-12-21-18(13)15/h3-5,7,9-11H,2,6,8,12H2,1H3. The fourth-order valence-electron chi connectivity index (χ4n) is 2.65. The van der Waals surface area contributed by atoms with Crippen molar-refractivity contribution < 1.29 is 14.3 Å². The van der Waals surface area contributed by atoms with Crippen molar-refractivity contribution in [2.75, 3.05) is 13.2 Å². The van der Waals surface area contributed by atoms with Gasteiger partial charge in [-0.25, -0.2) is 0 Å². The topological polar surface area (TPSA) is 35.5 Å².